The zero-order chi connectivity index (χ0) is 14.7. The summed E-state index contributed by atoms with van der Waals surface area (Å²) in [4.78, 5) is 0. The van der Waals surface area contributed by atoms with Gasteiger partial charge in [0.15, 0.2) is 9.84 Å². The first-order valence-corrected chi connectivity index (χ1v) is 8.73. The van der Waals surface area contributed by atoms with Crippen LogP contribution < -0.4 is 10.1 Å². The smallest absolute Gasteiger partial charge is 0.152 e. The lowest BCUT2D eigenvalue weighted by Gasteiger charge is -2.13. The number of rotatable bonds is 4. The fourth-order valence-corrected chi connectivity index (χ4v) is 4.06. The summed E-state index contributed by atoms with van der Waals surface area (Å²) in [6.07, 6.45) is 0.671. The molecule has 1 heterocycles. The van der Waals surface area contributed by atoms with Crippen molar-refractivity contribution in [1.29, 1.82) is 0 Å². The number of nitrogens with one attached hydrogen (secondary N) is 1. The Morgan fingerprint density at radius 2 is 1.62 bits per heavy atom. The van der Waals surface area contributed by atoms with Gasteiger partial charge in [-0.2, -0.15) is 0 Å². The van der Waals surface area contributed by atoms with Crippen LogP contribution in [0.5, 0.6) is 11.5 Å². The molecule has 110 valence electrons. The van der Waals surface area contributed by atoms with Crippen molar-refractivity contribution in [3.63, 3.8) is 0 Å². The van der Waals surface area contributed by atoms with Gasteiger partial charge in [-0.3, -0.25) is 0 Å². The third-order valence-electron chi connectivity index (χ3n) is 3.44. The SMILES string of the molecule is O=S1(=O)CC[C@@H](Nc2ccc(Oc3ccccc3)cc2)C1. The van der Waals surface area contributed by atoms with E-state index in [1.165, 1.54) is 0 Å². The van der Waals surface area contributed by atoms with Crippen molar-refractivity contribution in [3.05, 3.63) is 54.6 Å². The minimum Gasteiger partial charge on any atom is -0.457 e. The highest BCUT2D eigenvalue weighted by Crippen LogP contribution is 2.24. The number of para-hydroxylation sites is 1. The van der Waals surface area contributed by atoms with Crippen LogP contribution in [0.2, 0.25) is 0 Å². The second-order valence-electron chi connectivity index (χ2n) is 5.18. The molecule has 0 bridgehead atoms. The summed E-state index contributed by atoms with van der Waals surface area (Å²) in [6.45, 7) is 0. The molecular formula is C16H17NO3S. The van der Waals surface area contributed by atoms with E-state index in [1.807, 2.05) is 54.6 Å². The van der Waals surface area contributed by atoms with Crippen LogP contribution in [0.15, 0.2) is 54.6 Å². The van der Waals surface area contributed by atoms with Crippen molar-refractivity contribution in [1.82, 2.24) is 0 Å². The predicted molar refractivity (Wildman–Crippen MR) is 83.6 cm³/mol. The van der Waals surface area contributed by atoms with Gasteiger partial charge in [0.2, 0.25) is 0 Å². The molecule has 21 heavy (non-hydrogen) atoms. The molecule has 1 aliphatic heterocycles. The molecule has 5 heteroatoms. The molecule has 1 aliphatic rings. The van der Waals surface area contributed by atoms with E-state index < -0.39 is 9.84 Å². The fourth-order valence-electron chi connectivity index (χ4n) is 2.39. The Morgan fingerprint density at radius 1 is 0.952 bits per heavy atom. The monoisotopic (exact) mass is 303 g/mol. The molecule has 0 radical (unpaired) electrons. The number of sulfone groups is 1. The quantitative estimate of drug-likeness (QED) is 0.943. The highest BCUT2D eigenvalue weighted by atomic mass is 32.2. The van der Waals surface area contributed by atoms with E-state index in [-0.39, 0.29) is 17.5 Å². The van der Waals surface area contributed by atoms with Crippen LogP contribution in [-0.4, -0.2) is 26.0 Å². The number of ether oxygens (including phenoxy) is 1. The van der Waals surface area contributed by atoms with E-state index >= 15 is 0 Å². The van der Waals surface area contributed by atoms with Crippen LogP contribution in [-0.2, 0) is 9.84 Å². The zero-order valence-electron chi connectivity index (χ0n) is 11.5. The Kier molecular flexibility index (Phi) is 3.84. The van der Waals surface area contributed by atoms with E-state index in [0.29, 0.717) is 6.42 Å². The van der Waals surface area contributed by atoms with Gasteiger partial charge in [0.1, 0.15) is 11.5 Å². The first kappa shape index (κ1) is 13.9. The van der Waals surface area contributed by atoms with Crippen LogP contribution in [0.3, 0.4) is 0 Å². The van der Waals surface area contributed by atoms with E-state index in [9.17, 15) is 8.42 Å². The van der Waals surface area contributed by atoms with Crippen molar-refractivity contribution in [2.45, 2.75) is 12.5 Å². The van der Waals surface area contributed by atoms with Crippen molar-refractivity contribution < 1.29 is 13.2 Å². The highest BCUT2D eigenvalue weighted by Gasteiger charge is 2.27. The lowest BCUT2D eigenvalue weighted by molar-refractivity contribution is 0.483. The lowest BCUT2D eigenvalue weighted by atomic mass is 10.2. The minimum atomic E-state index is -2.85. The lowest BCUT2D eigenvalue weighted by Crippen LogP contribution is -2.20. The van der Waals surface area contributed by atoms with Gasteiger partial charge < -0.3 is 10.1 Å². The molecule has 3 rings (SSSR count). The maximum Gasteiger partial charge on any atom is 0.152 e. The van der Waals surface area contributed by atoms with Crippen molar-refractivity contribution >= 4 is 15.5 Å². The average molecular weight is 303 g/mol. The second kappa shape index (κ2) is 5.77. The highest BCUT2D eigenvalue weighted by molar-refractivity contribution is 7.91. The zero-order valence-corrected chi connectivity index (χ0v) is 12.3. The second-order valence-corrected chi connectivity index (χ2v) is 7.41. The molecule has 1 atom stereocenters. The van der Waals surface area contributed by atoms with Gasteiger partial charge in [-0.1, -0.05) is 18.2 Å². The van der Waals surface area contributed by atoms with Gasteiger partial charge in [0.05, 0.1) is 11.5 Å². The van der Waals surface area contributed by atoms with Crippen LogP contribution in [0.4, 0.5) is 5.69 Å². The third-order valence-corrected chi connectivity index (χ3v) is 5.20. The number of benzene rings is 2. The molecule has 0 amide bonds. The Morgan fingerprint density at radius 3 is 2.24 bits per heavy atom. The van der Waals surface area contributed by atoms with Crippen LogP contribution in [0.1, 0.15) is 6.42 Å². The summed E-state index contributed by atoms with van der Waals surface area (Å²) in [5, 5.41) is 3.25. The van der Waals surface area contributed by atoms with Gasteiger partial charge in [0.25, 0.3) is 0 Å². The molecule has 0 unspecified atom stereocenters. The summed E-state index contributed by atoms with van der Waals surface area (Å²) in [6, 6.07) is 17.2. The third kappa shape index (κ3) is 3.76. The minimum absolute atomic E-state index is 0.0101. The van der Waals surface area contributed by atoms with Crippen molar-refractivity contribution in [3.8, 4) is 11.5 Å². The van der Waals surface area contributed by atoms with Gasteiger partial charge in [-0.25, -0.2) is 8.42 Å². The molecule has 4 nitrogen and oxygen atoms in total. The summed E-state index contributed by atoms with van der Waals surface area (Å²) >= 11 is 0. The number of hydrogen-bond donors (Lipinski definition) is 1. The van der Waals surface area contributed by atoms with Crippen LogP contribution in [0.25, 0.3) is 0 Å². The van der Waals surface area contributed by atoms with Crippen LogP contribution >= 0.6 is 0 Å². The summed E-state index contributed by atoms with van der Waals surface area (Å²) in [5.74, 6) is 2.04. The standard InChI is InChI=1S/C16H17NO3S/c18-21(19)11-10-14(12-21)17-13-6-8-16(9-7-13)20-15-4-2-1-3-5-15/h1-9,14,17H,10-12H2/t14-/m1/s1. The molecule has 2 aromatic rings. The Balaban J connectivity index is 1.62. The van der Waals surface area contributed by atoms with E-state index in [2.05, 4.69) is 5.32 Å². The molecule has 0 aromatic heterocycles. The maximum absolute atomic E-state index is 11.4. The first-order chi connectivity index (χ1) is 10.1. The molecular weight excluding hydrogens is 286 g/mol. The summed E-state index contributed by atoms with van der Waals surface area (Å²) < 4.78 is 28.6. The molecule has 0 saturated carbocycles. The van der Waals surface area contributed by atoms with E-state index in [4.69, 9.17) is 4.74 Å². The summed E-state index contributed by atoms with van der Waals surface area (Å²) in [5.41, 5.74) is 0.914. The molecule has 1 saturated heterocycles. The Labute approximate surface area is 124 Å². The van der Waals surface area contributed by atoms with Crippen molar-refractivity contribution in [2.75, 3.05) is 16.8 Å². The number of hydrogen-bond acceptors (Lipinski definition) is 4. The number of anilines is 1. The Bertz CT molecular complexity index is 696. The van der Waals surface area contributed by atoms with Crippen LogP contribution in [0, 0.1) is 0 Å². The average Bonchev–Trinajstić information content (AvgIpc) is 2.81. The van der Waals surface area contributed by atoms with Gasteiger partial charge >= 0.3 is 0 Å². The molecule has 0 aliphatic carbocycles. The molecule has 1 fully saturated rings. The summed E-state index contributed by atoms with van der Waals surface area (Å²) in [7, 11) is -2.85. The van der Waals surface area contributed by atoms with Gasteiger partial charge in [0, 0.05) is 11.7 Å². The van der Waals surface area contributed by atoms with E-state index in [0.717, 1.165) is 17.2 Å². The molecule has 1 N–H and O–H groups in total. The normalized spacial score (nSPS) is 20.1. The van der Waals surface area contributed by atoms with Crippen molar-refractivity contribution in [2.24, 2.45) is 0 Å². The first-order valence-electron chi connectivity index (χ1n) is 6.91. The largest absolute Gasteiger partial charge is 0.457 e. The van der Waals surface area contributed by atoms with Gasteiger partial charge in [-0.15, -0.1) is 0 Å². The molecule has 0 spiro atoms. The van der Waals surface area contributed by atoms with E-state index in [1.54, 1.807) is 0 Å². The Hall–Kier alpha value is -2.01. The topological polar surface area (TPSA) is 55.4 Å². The van der Waals surface area contributed by atoms with Gasteiger partial charge in [-0.05, 0) is 42.8 Å². The fraction of sp³-hybridized carbons (Fsp3) is 0.250. The maximum atomic E-state index is 11.4. The molecule has 2 aromatic carbocycles. The predicted octanol–water partition coefficient (Wildman–Crippen LogP) is 3.08.